The van der Waals surface area contributed by atoms with Gasteiger partial charge >= 0.3 is 11.9 Å². The van der Waals surface area contributed by atoms with Crippen LogP contribution in [-0.4, -0.2) is 42.4 Å². The SMILES string of the molecule is O=C(O)CCSc1c2ccccc2cn1C(Cc1cnc[nH]1)C(=O)O. The Kier molecular flexibility index (Phi) is 5.08. The lowest BCUT2D eigenvalue weighted by Crippen LogP contribution is -2.21. The average molecular weight is 359 g/mol. The van der Waals surface area contributed by atoms with Crippen LogP contribution in [-0.2, 0) is 16.0 Å². The number of rotatable bonds is 8. The third-order valence-electron chi connectivity index (χ3n) is 3.85. The van der Waals surface area contributed by atoms with Crippen molar-refractivity contribution in [2.24, 2.45) is 0 Å². The van der Waals surface area contributed by atoms with Gasteiger partial charge in [-0.05, 0) is 0 Å². The fourth-order valence-electron chi connectivity index (χ4n) is 2.68. The van der Waals surface area contributed by atoms with Gasteiger partial charge in [0.15, 0.2) is 0 Å². The molecule has 0 saturated heterocycles. The van der Waals surface area contributed by atoms with Crippen molar-refractivity contribution < 1.29 is 19.8 Å². The van der Waals surface area contributed by atoms with Crippen molar-refractivity contribution in [3.8, 4) is 0 Å². The number of H-pyrrole nitrogens is 1. The number of carboxylic acids is 2. The van der Waals surface area contributed by atoms with E-state index in [-0.39, 0.29) is 12.8 Å². The molecule has 0 bridgehead atoms. The number of nitrogens with one attached hydrogen (secondary N) is 1. The van der Waals surface area contributed by atoms with Crippen LogP contribution in [0.1, 0.15) is 18.2 Å². The molecule has 0 radical (unpaired) electrons. The number of hydrogen-bond acceptors (Lipinski definition) is 4. The molecule has 0 aliphatic rings. The highest BCUT2D eigenvalue weighted by atomic mass is 32.2. The zero-order valence-corrected chi connectivity index (χ0v) is 14.1. The molecule has 0 aliphatic heterocycles. The first-order valence-corrected chi connectivity index (χ1v) is 8.69. The molecule has 0 fully saturated rings. The molecule has 0 spiro atoms. The topological polar surface area (TPSA) is 108 Å². The number of aromatic amines is 1. The summed E-state index contributed by atoms with van der Waals surface area (Å²) < 4.78 is 1.72. The number of nitrogens with zero attached hydrogens (tertiary/aromatic N) is 2. The number of imidazole rings is 1. The van der Waals surface area contributed by atoms with Gasteiger partial charge < -0.3 is 19.8 Å². The standard InChI is InChI=1S/C17H17N3O4S/c21-15(22)5-6-25-16-13-4-2-1-3-11(13)9-20(16)14(17(23)24)7-12-8-18-10-19-12/h1-4,8-10,14H,5-7H2,(H,18,19)(H,21,22)(H,23,24). The van der Waals surface area contributed by atoms with E-state index in [9.17, 15) is 14.7 Å². The Bertz CT molecular complexity index is 889. The summed E-state index contributed by atoms with van der Waals surface area (Å²) >= 11 is 1.36. The minimum absolute atomic E-state index is 0.0163. The number of fused-ring (bicyclic) bond motifs is 1. The molecule has 3 aromatic rings. The molecule has 0 amide bonds. The molecule has 3 N–H and O–H groups in total. The third kappa shape index (κ3) is 3.85. The van der Waals surface area contributed by atoms with Gasteiger partial charge in [-0.3, -0.25) is 4.79 Å². The predicted octanol–water partition coefficient (Wildman–Crippen LogP) is 2.80. The van der Waals surface area contributed by atoms with Crippen LogP contribution in [0.5, 0.6) is 0 Å². The zero-order chi connectivity index (χ0) is 17.8. The van der Waals surface area contributed by atoms with E-state index in [0.717, 1.165) is 21.5 Å². The highest BCUT2D eigenvalue weighted by Gasteiger charge is 2.24. The van der Waals surface area contributed by atoms with Crippen molar-refractivity contribution in [1.82, 2.24) is 14.5 Å². The summed E-state index contributed by atoms with van der Waals surface area (Å²) in [5.74, 6) is -1.45. The Hall–Kier alpha value is -2.74. The first-order chi connectivity index (χ1) is 12.1. The minimum atomic E-state index is -0.949. The van der Waals surface area contributed by atoms with Crippen LogP contribution in [0, 0.1) is 0 Å². The molecule has 1 atom stereocenters. The summed E-state index contributed by atoms with van der Waals surface area (Å²) in [5, 5.41) is 21.2. The van der Waals surface area contributed by atoms with Gasteiger partial charge in [0.2, 0.25) is 0 Å². The minimum Gasteiger partial charge on any atom is -0.481 e. The van der Waals surface area contributed by atoms with E-state index in [2.05, 4.69) is 9.97 Å². The highest BCUT2D eigenvalue weighted by Crippen LogP contribution is 2.34. The fourth-order valence-corrected chi connectivity index (χ4v) is 3.82. The van der Waals surface area contributed by atoms with Crippen LogP contribution in [0.3, 0.4) is 0 Å². The molecule has 2 aromatic heterocycles. The Morgan fingerprint density at radius 2 is 2.08 bits per heavy atom. The van der Waals surface area contributed by atoms with Crippen molar-refractivity contribution in [3.05, 3.63) is 48.7 Å². The normalized spacial score (nSPS) is 12.3. The van der Waals surface area contributed by atoms with Crippen molar-refractivity contribution in [1.29, 1.82) is 0 Å². The Morgan fingerprint density at radius 1 is 1.28 bits per heavy atom. The number of aliphatic carboxylic acids is 2. The smallest absolute Gasteiger partial charge is 0.327 e. The molecule has 7 nitrogen and oxygen atoms in total. The van der Waals surface area contributed by atoms with Gasteiger partial charge in [0.25, 0.3) is 0 Å². The zero-order valence-electron chi connectivity index (χ0n) is 13.3. The molecule has 1 aromatic carbocycles. The number of hydrogen-bond donors (Lipinski definition) is 3. The lowest BCUT2D eigenvalue weighted by Gasteiger charge is -2.17. The average Bonchev–Trinajstić information content (AvgIpc) is 3.20. The monoisotopic (exact) mass is 359 g/mol. The summed E-state index contributed by atoms with van der Waals surface area (Å²) in [5.41, 5.74) is 0.728. The number of benzene rings is 1. The summed E-state index contributed by atoms with van der Waals surface area (Å²) in [6, 6.07) is 6.81. The second-order valence-corrected chi connectivity index (χ2v) is 6.64. The van der Waals surface area contributed by atoms with Crippen LogP contribution in [0.4, 0.5) is 0 Å². The van der Waals surface area contributed by atoms with E-state index in [1.165, 1.54) is 18.1 Å². The van der Waals surface area contributed by atoms with Crippen molar-refractivity contribution in [3.63, 3.8) is 0 Å². The maximum atomic E-state index is 11.9. The van der Waals surface area contributed by atoms with Crippen molar-refractivity contribution in [2.75, 3.05) is 5.75 Å². The lowest BCUT2D eigenvalue weighted by molar-refractivity contribution is -0.141. The molecule has 25 heavy (non-hydrogen) atoms. The van der Waals surface area contributed by atoms with E-state index in [0.29, 0.717) is 5.75 Å². The van der Waals surface area contributed by atoms with Crippen LogP contribution in [0.2, 0.25) is 0 Å². The van der Waals surface area contributed by atoms with Crippen LogP contribution >= 0.6 is 11.8 Å². The Labute approximate surface area is 147 Å². The van der Waals surface area contributed by atoms with Crippen molar-refractivity contribution in [2.45, 2.75) is 23.9 Å². The quantitative estimate of drug-likeness (QED) is 0.534. The predicted molar refractivity (Wildman–Crippen MR) is 93.9 cm³/mol. The van der Waals surface area contributed by atoms with Gasteiger partial charge in [-0.25, -0.2) is 9.78 Å². The van der Waals surface area contributed by atoms with Gasteiger partial charge in [0, 0.05) is 41.0 Å². The van der Waals surface area contributed by atoms with Gasteiger partial charge in [0.1, 0.15) is 6.04 Å². The molecule has 130 valence electrons. The summed E-state index contributed by atoms with van der Waals surface area (Å²) in [4.78, 5) is 29.5. The second-order valence-electron chi connectivity index (χ2n) is 5.56. The molecule has 1 unspecified atom stereocenters. The van der Waals surface area contributed by atoms with Crippen LogP contribution < -0.4 is 0 Å². The largest absolute Gasteiger partial charge is 0.481 e. The first-order valence-electron chi connectivity index (χ1n) is 7.70. The summed E-state index contributed by atoms with van der Waals surface area (Å²) in [6.45, 7) is 0. The summed E-state index contributed by atoms with van der Waals surface area (Å²) in [7, 11) is 0. The third-order valence-corrected chi connectivity index (χ3v) is 4.96. The molecule has 3 rings (SSSR count). The molecular weight excluding hydrogens is 342 g/mol. The molecule has 2 heterocycles. The maximum Gasteiger partial charge on any atom is 0.327 e. The maximum absolute atomic E-state index is 11.9. The number of carbonyl (C=O) groups is 2. The van der Waals surface area contributed by atoms with E-state index in [1.807, 2.05) is 30.5 Å². The van der Waals surface area contributed by atoms with Crippen LogP contribution in [0.25, 0.3) is 10.8 Å². The van der Waals surface area contributed by atoms with E-state index in [1.54, 1.807) is 10.8 Å². The molecule has 0 aliphatic carbocycles. The molecule has 0 saturated carbocycles. The highest BCUT2D eigenvalue weighted by molar-refractivity contribution is 7.99. The number of thioether (sulfide) groups is 1. The van der Waals surface area contributed by atoms with Gasteiger partial charge in [-0.1, -0.05) is 24.3 Å². The number of aromatic nitrogens is 3. The second kappa shape index (κ2) is 7.43. The van der Waals surface area contributed by atoms with Crippen LogP contribution in [0.15, 0.2) is 48.0 Å². The first kappa shape index (κ1) is 17.1. The summed E-state index contributed by atoms with van der Waals surface area (Å²) in [6.07, 6.45) is 5.22. The van der Waals surface area contributed by atoms with Gasteiger partial charge in [-0.15, -0.1) is 11.8 Å². The van der Waals surface area contributed by atoms with Gasteiger partial charge in [-0.2, -0.15) is 0 Å². The Balaban J connectivity index is 1.99. The lowest BCUT2D eigenvalue weighted by atomic mass is 10.1. The van der Waals surface area contributed by atoms with Gasteiger partial charge in [0.05, 0.1) is 17.8 Å². The molecular formula is C17H17N3O4S. The van der Waals surface area contributed by atoms with E-state index < -0.39 is 18.0 Å². The number of carboxylic acid groups (broad SMARTS) is 2. The van der Waals surface area contributed by atoms with E-state index >= 15 is 0 Å². The molecule has 8 heteroatoms. The van der Waals surface area contributed by atoms with Crippen molar-refractivity contribution >= 4 is 34.5 Å². The Morgan fingerprint density at radius 3 is 2.76 bits per heavy atom. The van der Waals surface area contributed by atoms with E-state index in [4.69, 9.17) is 5.11 Å². The fraction of sp³-hybridized carbons (Fsp3) is 0.235.